The Balaban J connectivity index is 1.72. The maximum Gasteiger partial charge on any atom is 0.339 e. The summed E-state index contributed by atoms with van der Waals surface area (Å²) in [5, 5.41) is 0. The van der Waals surface area contributed by atoms with Crippen molar-refractivity contribution in [1.29, 1.82) is 0 Å². The Kier molecular flexibility index (Phi) is 10.6. The standard InChI is InChI=1S/C40H63N3O7/c1-35(2)18-26(19-36(3,4)41(35)13)48-32(45)29-17-31(34(47)50-28-22-39(9,10)43(15)40(11,12)23-28)30(16-25(29)24-44)33(46)49-27-20-37(5,6)42(14)38(7,8)21-27/h16-17,24,26-28H,18-23H2,1-15H3. The fraction of sp³-hybridized carbons (Fsp3) is 0.750. The zero-order chi connectivity index (χ0) is 38.0. The Labute approximate surface area is 300 Å². The Morgan fingerprint density at radius 2 is 0.740 bits per heavy atom. The summed E-state index contributed by atoms with van der Waals surface area (Å²) in [5.74, 6) is -2.19. The Morgan fingerprint density at radius 1 is 0.500 bits per heavy atom. The first-order valence-corrected chi connectivity index (χ1v) is 18.1. The fourth-order valence-corrected chi connectivity index (χ4v) is 8.96. The van der Waals surface area contributed by atoms with Gasteiger partial charge in [0.05, 0.1) is 16.7 Å². The van der Waals surface area contributed by atoms with Crippen molar-refractivity contribution in [2.45, 2.75) is 173 Å². The van der Waals surface area contributed by atoms with E-state index in [1.54, 1.807) is 0 Å². The van der Waals surface area contributed by atoms with Gasteiger partial charge in [0, 0.05) is 77.3 Å². The molecule has 0 unspecified atom stereocenters. The molecular formula is C40H63N3O7. The number of rotatable bonds is 7. The predicted molar refractivity (Wildman–Crippen MR) is 195 cm³/mol. The molecule has 1 aromatic carbocycles. The molecule has 1 aromatic rings. The molecule has 0 radical (unpaired) electrons. The summed E-state index contributed by atoms with van der Waals surface area (Å²) in [6.45, 7) is 25.3. The average Bonchev–Trinajstić information content (AvgIpc) is 2.95. The summed E-state index contributed by atoms with van der Waals surface area (Å²) in [4.78, 5) is 61.4. The van der Waals surface area contributed by atoms with E-state index in [0.717, 1.165) is 0 Å². The van der Waals surface area contributed by atoms with Crippen molar-refractivity contribution in [3.8, 4) is 0 Å². The second-order valence-electron chi connectivity index (χ2n) is 19.0. The maximum atomic E-state index is 14.2. The van der Waals surface area contributed by atoms with E-state index in [1.165, 1.54) is 12.1 Å². The van der Waals surface area contributed by atoms with E-state index >= 15 is 0 Å². The number of nitrogens with zero attached hydrogens (tertiary/aromatic N) is 3. The van der Waals surface area contributed by atoms with E-state index in [-0.39, 0.29) is 55.5 Å². The number of likely N-dealkylation sites (tertiary alicyclic amines) is 3. The van der Waals surface area contributed by atoms with Gasteiger partial charge in [-0.25, -0.2) is 14.4 Å². The fourth-order valence-electron chi connectivity index (χ4n) is 8.96. The highest BCUT2D eigenvalue weighted by Crippen LogP contribution is 2.41. The van der Waals surface area contributed by atoms with Crippen LogP contribution in [0.3, 0.4) is 0 Å². The smallest absolute Gasteiger partial charge is 0.339 e. The van der Waals surface area contributed by atoms with Gasteiger partial charge in [-0.2, -0.15) is 0 Å². The second kappa shape index (κ2) is 13.3. The molecule has 0 spiro atoms. The van der Waals surface area contributed by atoms with E-state index in [2.05, 4.69) is 119 Å². The van der Waals surface area contributed by atoms with Gasteiger partial charge in [-0.3, -0.25) is 19.5 Å². The third-order valence-electron chi connectivity index (χ3n) is 12.6. The monoisotopic (exact) mass is 697 g/mol. The van der Waals surface area contributed by atoms with Crippen molar-refractivity contribution >= 4 is 24.2 Å². The van der Waals surface area contributed by atoms with Gasteiger partial charge in [-0.05, 0) is 116 Å². The van der Waals surface area contributed by atoms with Crippen LogP contribution in [0.2, 0.25) is 0 Å². The van der Waals surface area contributed by atoms with Gasteiger partial charge in [0.1, 0.15) is 18.3 Å². The number of carbonyl (C=O) groups excluding carboxylic acids is 4. The van der Waals surface area contributed by atoms with E-state index in [1.807, 2.05) is 0 Å². The summed E-state index contributed by atoms with van der Waals surface area (Å²) >= 11 is 0. The van der Waals surface area contributed by atoms with Gasteiger partial charge in [-0.1, -0.05) is 0 Å². The van der Waals surface area contributed by atoms with Crippen LogP contribution in [0.1, 0.15) is 163 Å². The van der Waals surface area contributed by atoms with Gasteiger partial charge in [-0.15, -0.1) is 0 Å². The van der Waals surface area contributed by atoms with Crippen LogP contribution in [0, 0.1) is 0 Å². The lowest BCUT2D eigenvalue weighted by atomic mass is 9.78. The van der Waals surface area contributed by atoms with Gasteiger partial charge in [0.25, 0.3) is 0 Å². The summed E-state index contributed by atoms with van der Waals surface area (Å²) in [6, 6.07) is 2.59. The molecule has 3 fully saturated rings. The minimum Gasteiger partial charge on any atom is -0.459 e. The Bertz CT molecular complexity index is 1450. The zero-order valence-electron chi connectivity index (χ0n) is 33.4. The van der Waals surface area contributed by atoms with Crippen molar-refractivity contribution in [2.24, 2.45) is 0 Å². The van der Waals surface area contributed by atoms with Crippen molar-refractivity contribution in [2.75, 3.05) is 21.1 Å². The number of esters is 3. The largest absolute Gasteiger partial charge is 0.459 e. The lowest BCUT2D eigenvalue weighted by Crippen LogP contribution is -2.60. The number of hydrogen-bond acceptors (Lipinski definition) is 10. The molecule has 50 heavy (non-hydrogen) atoms. The van der Waals surface area contributed by atoms with Crippen LogP contribution < -0.4 is 0 Å². The normalized spacial score (nSPS) is 25.4. The molecule has 0 bridgehead atoms. The van der Waals surface area contributed by atoms with Crippen molar-refractivity contribution in [3.63, 3.8) is 0 Å². The third-order valence-corrected chi connectivity index (χ3v) is 12.6. The molecule has 10 nitrogen and oxygen atoms in total. The van der Waals surface area contributed by atoms with Gasteiger partial charge in [0.15, 0.2) is 6.29 Å². The van der Waals surface area contributed by atoms with Gasteiger partial charge < -0.3 is 14.2 Å². The van der Waals surface area contributed by atoms with Crippen LogP contribution in [-0.4, -0.2) is 112 Å². The molecule has 0 aliphatic carbocycles. The molecule has 0 N–H and O–H groups in total. The van der Waals surface area contributed by atoms with Crippen LogP contribution in [0.5, 0.6) is 0 Å². The molecule has 0 amide bonds. The minimum absolute atomic E-state index is 0.0458. The first-order chi connectivity index (χ1) is 22.6. The Morgan fingerprint density at radius 3 is 1.00 bits per heavy atom. The number of hydrogen-bond donors (Lipinski definition) is 0. The topological polar surface area (TPSA) is 106 Å². The van der Waals surface area contributed by atoms with Crippen LogP contribution >= 0.6 is 0 Å². The first kappa shape index (κ1) is 40.0. The van der Waals surface area contributed by atoms with Crippen LogP contribution in [0.4, 0.5) is 0 Å². The molecule has 3 aliphatic rings. The molecular weight excluding hydrogens is 634 g/mol. The van der Waals surface area contributed by atoms with Crippen LogP contribution in [0.25, 0.3) is 0 Å². The minimum atomic E-state index is -0.741. The predicted octanol–water partition coefficient (Wildman–Crippen LogP) is 6.92. The van der Waals surface area contributed by atoms with Crippen molar-refractivity contribution in [1.82, 2.24) is 14.7 Å². The quantitative estimate of drug-likeness (QED) is 0.169. The van der Waals surface area contributed by atoms with Crippen LogP contribution in [0.15, 0.2) is 12.1 Å². The molecule has 0 atom stereocenters. The number of aldehydes is 1. The van der Waals surface area contributed by atoms with Crippen molar-refractivity contribution < 1.29 is 33.4 Å². The summed E-state index contributed by atoms with van der Waals surface area (Å²) in [7, 11) is 6.21. The number of piperidine rings is 3. The lowest BCUT2D eigenvalue weighted by molar-refractivity contribution is -0.0752. The average molecular weight is 698 g/mol. The molecule has 3 saturated heterocycles. The van der Waals surface area contributed by atoms with E-state index < -0.39 is 36.2 Å². The molecule has 3 heterocycles. The van der Waals surface area contributed by atoms with Crippen LogP contribution in [-0.2, 0) is 14.2 Å². The lowest BCUT2D eigenvalue weighted by Gasteiger charge is -2.53. The highest BCUT2D eigenvalue weighted by Gasteiger charge is 2.47. The SMILES string of the molecule is CN1C(C)(C)CC(OC(=O)c2cc(C(=O)OC3CC(C)(C)N(C)C(C)(C)C3)c(C(=O)OC3CC(C)(C)N(C)C(C)(C)C3)cc2C=O)CC1(C)C. The maximum absolute atomic E-state index is 14.2. The number of carbonyl (C=O) groups is 4. The molecule has 0 aromatic heterocycles. The number of benzene rings is 1. The van der Waals surface area contributed by atoms with Crippen molar-refractivity contribution in [3.05, 3.63) is 34.4 Å². The molecule has 0 saturated carbocycles. The van der Waals surface area contributed by atoms with Gasteiger partial charge in [0.2, 0.25) is 0 Å². The summed E-state index contributed by atoms with van der Waals surface area (Å²) < 4.78 is 18.3. The highest BCUT2D eigenvalue weighted by molar-refractivity contribution is 6.08. The van der Waals surface area contributed by atoms with E-state index in [4.69, 9.17) is 14.2 Å². The third kappa shape index (κ3) is 7.97. The molecule has 280 valence electrons. The first-order valence-electron chi connectivity index (χ1n) is 18.1. The number of ether oxygens (including phenoxy) is 3. The van der Waals surface area contributed by atoms with E-state index in [0.29, 0.717) is 44.8 Å². The molecule has 4 rings (SSSR count). The molecule has 3 aliphatic heterocycles. The summed E-state index contributed by atoms with van der Waals surface area (Å²) in [6.07, 6.45) is 2.79. The van der Waals surface area contributed by atoms with E-state index in [9.17, 15) is 19.2 Å². The second-order valence-corrected chi connectivity index (χ2v) is 19.0. The van der Waals surface area contributed by atoms with Gasteiger partial charge >= 0.3 is 17.9 Å². The molecule has 10 heteroatoms. The summed E-state index contributed by atoms with van der Waals surface area (Å²) in [5.41, 5.74) is -1.83. The zero-order valence-corrected chi connectivity index (χ0v) is 33.4. The highest BCUT2D eigenvalue weighted by atomic mass is 16.6. The Hall–Kier alpha value is -2.82.